The second-order valence-corrected chi connectivity index (χ2v) is 5.95. The van der Waals surface area contributed by atoms with E-state index in [0.717, 1.165) is 32.7 Å². The molecule has 0 aromatic rings. The summed E-state index contributed by atoms with van der Waals surface area (Å²) in [5.41, 5.74) is -0.687. The molecule has 0 aromatic heterocycles. The molecular weight excluding hydrogens is 273 g/mol. The van der Waals surface area contributed by atoms with Crippen molar-refractivity contribution in [3.63, 3.8) is 0 Å². The molecule has 0 spiro atoms. The summed E-state index contributed by atoms with van der Waals surface area (Å²) in [4.78, 5) is 4.43. The van der Waals surface area contributed by atoms with Gasteiger partial charge in [-0.25, -0.2) is 0 Å². The highest BCUT2D eigenvalue weighted by Crippen LogP contribution is 2.14. The molecule has 0 unspecified atom stereocenters. The Morgan fingerprint density at radius 2 is 1.60 bits per heavy atom. The monoisotopic (exact) mass is 298 g/mol. The Bertz CT molecular complexity index is 272. The maximum Gasteiger partial charge on any atom is 0.411 e. The van der Waals surface area contributed by atoms with E-state index < -0.39 is 18.4 Å². The molecule has 7 heteroatoms. The summed E-state index contributed by atoms with van der Waals surface area (Å²) in [6, 6.07) is 0. The number of halogens is 3. The molecule has 120 valence electrons. The van der Waals surface area contributed by atoms with Gasteiger partial charge < -0.3 is 14.7 Å². The van der Waals surface area contributed by atoms with Crippen LogP contribution in [0, 0.1) is 0 Å². The number of piperazine rings is 1. The van der Waals surface area contributed by atoms with Crippen LogP contribution >= 0.6 is 0 Å². The van der Waals surface area contributed by atoms with Crippen LogP contribution in [0.25, 0.3) is 0 Å². The third-order valence-electron chi connectivity index (χ3n) is 3.10. The SMILES string of the molecule is CC(C)(O)CN1CCN(CCCOCC(F)(F)F)CC1. The van der Waals surface area contributed by atoms with Crippen LogP contribution in [0.1, 0.15) is 20.3 Å². The number of β-amino-alcohol motifs (C(OH)–C–C–N with tert-alkyl or cyclic N) is 1. The van der Waals surface area contributed by atoms with Gasteiger partial charge in [-0.1, -0.05) is 0 Å². The molecule has 1 aliphatic heterocycles. The Hall–Kier alpha value is -0.370. The topological polar surface area (TPSA) is 35.9 Å². The first-order valence-electron chi connectivity index (χ1n) is 6.97. The van der Waals surface area contributed by atoms with Gasteiger partial charge in [-0.15, -0.1) is 0 Å². The maximum absolute atomic E-state index is 11.9. The lowest BCUT2D eigenvalue weighted by Gasteiger charge is -2.37. The standard InChI is InChI=1S/C13H25F3N2O2/c1-12(2,19)10-18-7-5-17(6-8-18)4-3-9-20-11-13(14,15)16/h19H,3-11H2,1-2H3. The summed E-state index contributed by atoms with van der Waals surface area (Å²) in [5.74, 6) is 0. The summed E-state index contributed by atoms with van der Waals surface area (Å²) in [7, 11) is 0. The zero-order valence-electron chi connectivity index (χ0n) is 12.2. The molecule has 1 aliphatic rings. The van der Waals surface area contributed by atoms with Crippen LogP contribution in [0.4, 0.5) is 13.2 Å². The minimum absolute atomic E-state index is 0.142. The van der Waals surface area contributed by atoms with E-state index >= 15 is 0 Å². The second-order valence-electron chi connectivity index (χ2n) is 5.95. The van der Waals surface area contributed by atoms with E-state index in [9.17, 15) is 18.3 Å². The lowest BCUT2D eigenvalue weighted by Crippen LogP contribution is -2.50. The molecule has 1 heterocycles. The Kier molecular flexibility index (Phi) is 6.71. The Balaban J connectivity index is 2.05. The molecule has 0 amide bonds. The summed E-state index contributed by atoms with van der Waals surface area (Å²) in [6.07, 6.45) is -3.62. The first-order valence-corrected chi connectivity index (χ1v) is 6.97. The van der Waals surface area contributed by atoms with E-state index in [-0.39, 0.29) is 6.61 Å². The minimum atomic E-state index is -4.23. The number of nitrogens with zero attached hydrogens (tertiary/aromatic N) is 2. The van der Waals surface area contributed by atoms with Crippen molar-refractivity contribution in [1.29, 1.82) is 0 Å². The smallest absolute Gasteiger partial charge is 0.389 e. The van der Waals surface area contributed by atoms with Crippen LogP contribution in [-0.2, 0) is 4.74 Å². The van der Waals surface area contributed by atoms with E-state index in [0.29, 0.717) is 13.0 Å². The van der Waals surface area contributed by atoms with Crippen molar-refractivity contribution in [2.75, 3.05) is 52.5 Å². The van der Waals surface area contributed by atoms with E-state index in [1.807, 2.05) is 0 Å². The molecule has 1 saturated heterocycles. The normalized spacial score (nSPS) is 19.5. The van der Waals surface area contributed by atoms with Crippen LogP contribution < -0.4 is 0 Å². The molecule has 0 saturated carbocycles. The van der Waals surface area contributed by atoms with Crippen LogP contribution in [0.5, 0.6) is 0 Å². The average Bonchev–Trinajstić information content (AvgIpc) is 2.27. The van der Waals surface area contributed by atoms with Gasteiger partial charge in [0.1, 0.15) is 6.61 Å². The molecule has 1 N–H and O–H groups in total. The molecule has 0 atom stereocenters. The lowest BCUT2D eigenvalue weighted by atomic mass is 10.1. The highest BCUT2D eigenvalue weighted by Gasteiger charge is 2.27. The quantitative estimate of drug-likeness (QED) is 0.720. The van der Waals surface area contributed by atoms with Crippen LogP contribution in [0.15, 0.2) is 0 Å². The highest BCUT2D eigenvalue weighted by atomic mass is 19.4. The molecular formula is C13H25F3N2O2. The average molecular weight is 298 g/mol. The van der Waals surface area contributed by atoms with Crippen molar-refractivity contribution in [2.24, 2.45) is 0 Å². The van der Waals surface area contributed by atoms with Gasteiger partial charge in [-0.2, -0.15) is 13.2 Å². The summed E-state index contributed by atoms with van der Waals surface area (Å²) < 4.78 is 40.1. The Morgan fingerprint density at radius 3 is 2.10 bits per heavy atom. The van der Waals surface area contributed by atoms with Crippen molar-refractivity contribution < 1.29 is 23.0 Å². The summed E-state index contributed by atoms with van der Waals surface area (Å²) in [5, 5.41) is 9.74. The molecule has 0 bridgehead atoms. The van der Waals surface area contributed by atoms with Crippen molar-refractivity contribution in [3.05, 3.63) is 0 Å². The fraction of sp³-hybridized carbons (Fsp3) is 1.00. The minimum Gasteiger partial charge on any atom is -0.389 e. The van der Waals surface area contributed by atoms with Crippen molar-refractivity contribution >= 4 is 0 Å². The molecule has 4 nitrogen and oxygen atoms in total. The molecule has 0 aromatic carbocycles. The lowest BCUT2D eigenvalue weighted by molar-refractivity contribution is -0.174. The largest absolute Gasteiger partial charge is 0.411 e. The second kappa shape index (κ2) is 7.59. The Labute approximate surface area is 118 Å². The van der Waals surface area contributed by atoms with Gasteiger partial charge in [0.25, 0.3) is 0 Å². The molecule has 0 radical (unpaired) electrons. The number of hydrogen-bond donors (Lipinski definition) is 1. The number of alkyl halides is 3. The van der Waals surface area contributed by atoms with Gasteiger partial charge >= 0.3 is 6.18 Å². The zero-order valence-corrected chi connectivity index (χ0v) is 12.2. The first kappa shape index (κ1) is 17.7. The van der Waals surface area contributed by atoms with Gasteiger partial charge in [-0.05, 0) is 20.3 Å². The van der Waals surface area contributed by atoms with Gasteiger partial charge in [0, 0.05) is 45.9 Å². The van der Waals surface area contributed by atoms with Crippen LogP contribution in [0.2, 0.25) is 0 Å². The van der Waals surface area contributed by atoms with Gasteiger partial charge in [-0.3, -0.25) is 4.90 Å². The zero-order chi connectivity index (χ0) is 15.2. The Morgan fingerprint density at radius 1 is 1.05 bits per heavy atom. The number of aliphatic hydroxyl groups is 1. The fourth-order valence-electron chi connectivity index (χ4n) is 2.30. The van der Waals surface area contributed by atoms with Crippen molar-refractivity contribution in [2.45, 2.75) is 32.0 Å². The predicted octanol–water partition coefficient (Wildman–Crippen LogP) is 1.34. The molecule has 0 aliphatic carbocycles. The highest BCUT2D eigenvalue weighted by molar-refractivity contribution is 4.77. The molecule has 1 rings (SSSR count). The van der Waals surface area contributed by atoms with E-state index in [1.165, 1.54) is 0 Å². The maximum atomic E-state index is 11.9. The number of rotatable bonds is 7. The number of ether oxygens (including phenoxy) is 1. The fourth-order valence-corrected chi connectivity index (χ4v) is 2.30. The molecule has 20 heavy (non-hydrogen) atoms. The van der Waals surface area contributed by atoms with Gasteiger partial charge in [0.05, 0.1) is 5.60 Å². The summed E-state index contributed by atoms with van der Waals surface area (Å²) >= 11 is 0. The van der Waals surface area contributed by atoms with E-state index in [1.54, 1.807) is 13.8 Å². The van der Waals surface area contributed by atoms with Gasteiger partial charge in [0.15, 0.2) is 0 Å². The van der Waals surface area contributed by atoms with E-state index in [4.69, 9.17) is 0 Å². The third kappa shape index (κ3) is 8.73. The number of hydrogen-bond acceptors (Lipinski definition) is 4. The van der Waals surface area contributed by atoms with Crippen molar-refractivity contribution in [3.8, 4) is 0 Å². The molecule has 1 fully saturated rings. The van der Waals surface area contributed by atoms with Crippen LogP contribution in [-0.4, -0.2) is 79.2 Å². The van der Waals surface area contributed by atoms with Crippen LogP contribution in [0.3, 0.4) is 0 Å². The van der Waals surface area contributed by atoms with E-state index in [2.05, 4.69) is 14.5 Å². The predicted molar refractivity (Wildman–Crippen MR) is 70.7 cm³/mol. The first-order chi connectivity index (χ1) is 9.16. The third-order valence-corrected chi connectivity index (χ3v) is 3.10. The van der Waals surface area contributed by atoms with Crippen molar-refractivity contribution in [1.82, 2.24) is 9.80 Å². The van der Waals surface area contributed by atoms with Gasteiger partial charge in [0.2, 0.25) is 0 Å². The summed E-state index contributed by atoms with van der Waals surface area (Å²) in [6.45, 7) is 7.50.